The van der Waals surface area contributed by atoms with Crippen molar-refractivity contribution in [2.75, 3.05) is 13.2 Å². The molecule has 3 N–H and O–H groups in total. The molecule has 0 bridgehead atoms. The second-order valence-corrected chi connectivity index (χ2v) is 2.45. The molecule has 3 nitrogen and oxygen atoms in total. The Balaban J connectivity index is 2.72. The number of nitrogens with two attached hydrogens (primary N) is 1. The molecule has 11 heavy (non-hydrogen) atoms. The minimum Gasteiger partial charge on any atom is -0.376 e. The van der Waals surface area contributed by atoms with Gasteiger partial charge in [-0.15, -0.1) is 0 Å². The van der Waals surface area contributed by atoms with Crippen LogP contribution in [0.4, 0.5) is 0 Å². The average Bonchev–Trinajstić information content (AvgIpc) is 2.06. The van der Waals surface area contributed by atoms with Gasteiger partial charge in [-0.3, -0.25) is 5.84 Å². The zero-order valence-electron chi connectivity index (χ0n) is 6.76. The van der Waals surface area contributed by atoms with Gasteiger partial charge in [-0.1, -0.05) is 12.2 Å². The predicted molar refractivity (Wildman–Crippen MR) is 44.6 cm³/mol. The van der Waals surface area contributed by atoms with E-state index in [1.54, 1.807) is 0 Å². The van der Waals surface area contributed by atoms with Gasteiger partial charge in [-0.25, -0.2) is 0 Å². The van der Waals surface area contributed by atoms with Gasteiger partial charge in [-0.05, 0) is 12.5 Å². The summed E-state index contributed by atoms with van der Waals surface area (Å²) in [6.45, 7) is 3.42. The van der Waals surface area contributed by atoms with E-state index in [1.807, 2.05) is 19.1 Å². The van der Waals surface area contributed by atoms with E-state index in [9.17, 15) is 0 Å². The highest BCUT2D eigenvalue weighted by Crippen LogP contribution is 2.12. The van der Waals surface area contributed by atoms with Gasteiger partial charge in [0.25, 0.3) is 0 Å². The Bertz CT molecular complexity index is 185. The molecule has 1 aliphatic rings. The van der Waals surface area contributed by atoms with Gasteiger partial charge >= 0.3 is 0 Å². The molecule has 1 aliphatic heterocycles. The van der Waals surface area contributed by atoms with Crippen molar-refractivity contribution in [3.05, 3.63) is 23.4 Å². The molecule has 0 saturated carbocycles. The lowest BCUT2D eigenvalue weighted by Gasteiger charge is -2.17. The molecule has 0 amide bonds. The summed E-state index contributed by atoms with van der Waals surface area (Å²) in [6, 6.07) is 0. The summed E-state index contributed by atoms with van der Waals surface area (Å²) in [5.74, 6) is 5.33. The van der Waals surface area contributed by atoms with Crippen LogP contribution in [-0.4, -0.2) is 13.2 Å². The smallest absolute Gasteiger partial charge is 0.0734 e. The molecular weight excluding hydrogens is 140 g/mol. The first-order valence-electron chi connectivity index (χ1n) is 3.77. The second kappa shape index (κ2) is 4.16. The molecule has 0 spiro atoms. The van der Waals surface area contributed by atoms with E-state index in [2.05, 4.69) is 5.43 Å². The van der Waals surface area contributed by atoms with Crippen molar-refractivity contribution in [1.29, 1.82) is 0 Å². The highest BCUT2D eigenvalue weighted by Gasteiger charge is 2.08. The fourth-order valence-corrected chi connectivity index (χ4v) is 1.12. The van der Waals surface area contributed by atoms with Crippen molar-refractivity contribution in [2.24, 2.45) is 5.84 Å². The van der Waals surface area contributed by atoms with E-state index in [1.165, 1.54) is 0 Å². The first-order chi connectivity index (χ1) is 5.38. The van der Waals surface area contributed by atoms with Crippen LogP contribution in [0.1, 0.15) is 13.3 Å². The van der Waals surface area contributed by atoms with Crippen LogP contribution in [0.15, 0.2) is 23.4 Å². The number of hydrogen-bond donors (Lipinski definition) is 2. The molecule has 1 heterocycles. The quantitative estimate of drug-likeness (QED) is 0.454. The van der Waals surface area contributed by atoms with Crippen molar-refractivity contribution < 1.29 is 4.74 Å². The molecule has 0 unspecified atom stereocenters. The van der Waals surface area contributed by atoms with Gasteiger partial charge in [-0.2, -0.15) is 0 Å². The van der Waals surface area contributed by atoms with E-state index in [0.29, 0.717) is 6.61 Å². The van der Waals surface area contributed by atoms with Crippen LogP contribution >= 0.6 is 0 Å². The average molecular weight is 154 g/mol. The van der Waals surface area contributed by atoms with Gasteiger partial charge in [0, 0.05) is 12.1 Å². The molecule has 0 atom stereocenters. The molecule has 0 radical (unpaired) electrons. The molecule has 0 aromatic carbocycles. The summed E-state index contributed by atoms with van der Waals surface area (Å²) in [5.41, 5.74) is 4.93. The molecule has 3 heteroatoms. The second-order valence-electron chi connectivity index (χ2n) is 2.45. The minimum absolute atomic E-state index is 0.671. The van der Waals surface area contributed by atoms with Gasteiger partial charge in [0.1, 0.15) is 0 Å². The third-order valence-corrected chi connectivity index (χ3v) is 1.68. The van der Waals surface area contributed by atoms with Gasteiger partial charge in [0.05, 0.1) is 13.2 Å². The van der Waals surface area contributed by atoms with Crippen LogP contribution in [0, 0.1) is 0 Å². The summed E-state index contributed by atoms with van der Waals surface area (Å²) in [6.07, 6.45) is 4.89. The standard InChI is InChI=1S/C8H14N2O/c1-2-3-7-6-11-5-4-8(7)10-9/h2-3,10H,4-6,9H2,1H3/b3-2+. The normalized spacial score (nSPS) is 19.5. The summed E-state index contributed by atoms with van der Waals surface area (Å²) < 4.78 is 5.26. The monoisotopic (exact) mass is 154 g/mol. The molecule has 0 aliphatic carbocycles. The maximum atomic E-state index is 5.33. The Kier molecular flexibility index (Phi) is 3.14. The number of hydrogen-bond acceptors (Lipinski definition) is 3. The van der Waals surface area contributed by atoms with Crippen molar-refractivity contribution in [3.63, 3.8) is 0 Å². The van der Waals surface area contributed by atoms with Gasteiger partial charge in [0.2, 0.25) is 0 Å². The van der Waals surface area contributed by atoms with Crippen molar-refractivity contribution in [1.82, 2.24) is 5.43 Å². The minimum atomic E-state index is 0.671. The topological polar surface area (TPSA) is 47.3 Å². The fraction of sp³-hybridized carbons (Fsp3) is 0.500. The molecule has 0 aromatic rings. The van der Waals surface area contributed by atoms with Crippen LogP contribution in [0.5, 0.6) is 0 Å². The Morgan fingerprint density at radius 2 is 2.45 bits per heavy atom. The van der Waals surface area contributed by atoms with Crippen LogP contribution < -0.4 is 11.3 Å². The highest BCUT2D eigenvalue weighted by atomic mass is 16.5. The van der Waals surface area contributed by atoms with Crippen LogP contribution in [0.2, 0.25) is 0 Å². The Morgan fingerprint density at radius 1 is 1.64 bits per heavy atom. The first kappa shape index (κ1) is 8.30. The molecule has 1 rings (SSSR count). The number of allylic oxidation sites excluding steroid dienone is 1. The lowest BCUT2D eigenvalue weighted by molar-refractivity contribution is 0.146. The summed E-state index contributed by atoms with van der Waals surface area (Å²) >= 11 is 0. The third-order valence-electron chi connectivity index (χ3n) is 1.68. The van der Waals surface area contributed by atoms with Gasteiger partial charge < -0.3 is 10.2 Å². The van der Waals surface area contributed by atoms with E-state index in [4.69, 9.17) is 10.6 Å². The SMILES string of the molecule is C/C=C/C1=C(NN)CCOC1. The molecule has 0 fully saturated rings. The van der Waals surface area contributed by atoms with Gasteiger partial charge in [0.15, 0.2) is 0 Å². The molecular formula is C8H14N2O. The number of ether oxygens (including phenoxy) is 1. The van der Waals surface area contributed by atoms with Crippen molar-refractivity contribution in [2.45, 2.75) is 13.3 Å². The van der Waals surface area contributed by atoms with Crippen LogP contribution in [0.25, 0.3) is 0 Å². The Morgan fingerprint density at radius 3 is 3.09 bits per heavy atom. The van der Waals surface area contributed by atoms with Crippen molar-refractivity contribution >= 4 is 0 Å². The fourth-order valence-electron chi connectivity index (χ4n) is 1.12. The van der Waals surface area contributed by atoms with E-state index >= 15 is 0 Å². The maximum Gasteiger partial charge on any atom is 0.0734 e. The lowest BCUT2D eigenvalue weighted by Crippen LogP contribution is -2.27. The third kappa shape index (κ3) is 2.06. The predicted octanol–water partition coefficient (Wildman–Crippen LogP) is 0.700. The van der Waals surface area contributed by atoms with Crippen LogP contribution in [0.3, 0.4) is 0 Å². The number of hydrazine groups is 1. The number of nitrogens with one attached hydrogen (secondary N) is 1. The van der Waals surface area contributed by atoms with Crippen LogP contribution in [-0.2, 0) is 4.74 Å². The highest BCUT2D eigenvalue weighted by molar-refractivity contribution is 5.26. The largest absolute Gasteiger partial charge is 0.376 e. The Labute approximate surface area is 66.9 Å². The molecule has 0 aromatic heterocycles. The first-order valence-corrected chi connectivity index (χ1v) is 3.77. The van der Waals surface area contributed by atoms with E-state index < -0.39 is 0 Å². The summed E-state index contributed by atoms with van der Waals surface area (Å²) in [7, 11) is 0. The van der Waals surface area contributed by atoms with E-state index in [0.717, 1.165) is 24.3 Å². The molecule has 0 saturated heterocycles. The van der Waals surface area contributed by atoms with Crippen molar-refractivity contribution in [3.8, 4) is 0 Å². The summed E-state index contributed by atoms with van der Waals surface area (Å²) in [4.78, 5) is 0. The lowest BCUT2D eigenvalue weighted by atomic mass is 10.1. The van der Waals surface area contributed by atoms with E-state index in [-0.39, 0.29) is 0 Å². The molecule has 62 valence electrons. The Hall–Kier alpha value is -0.800. The zero-order chi connectivity index (χ0) is 8.10. The summed E-state index contributed by atoms with van der Waals surface area (Å²) in [5, 5.41) is 0. The zero-order valence-corrected chi connectivity index (χ0v) is 6.76. The number of rotatable bonds is 2. The maximum absolute atomic E-state index is 5.33.